The van der Waals surface area contributed by atoms with Gasteiger partial charge in [0.1, 0.15) is 12.2 Å². The smallest absolute Gasteiger partial charge is 0.138 e. The van der Waals surface area contributed by atoms with E-state index in [2.05, 4.69) is 16.2 Å². The summed E-state index contributed by atoms with van der Waals surface area (Å²) in [5, 5.41) is 12.1. The molecule has 0 saturated carbocycles. The van der Waals surface area contributed by atoms with E-state index in [1.807, 2.05) is 7.05 Å². The van der Waals surface area contributed by atoms with Crippen molar-refractivity contribution in [2.45, 2.75) is 12.8 Å². The third-order valence-electron chi connectivity index (χ3n) is 1.27. The van der Waals surface area contributed by atoms with Crippen molar-refractivity contribution in [2.24, 2.45) is 7.05 Å². The highest BCUT2D eigenvalue weighted by Crippen LogP contribution is 1.94. The molecule has 0 aliphatic heterocycles. The molecule has 1 heterocycles. The van der Waals surface area contributed by atoms with Crippen LogP contribution in [0.1, 0.15) is 12.2 Å². The third kappa shape index (κ3) is 1.32. The lowest BCUT2D eigenvalue weighted by molar-refractivity contribution is 0.698. The number of hydrogen-bond donors (Lipinski definition) is 0. The van der Waals surface area contributed by atoms with E-state index in [9.17, 15) is 0 Å². The highest BCUT2D eigenvalue weighted by Gasteiger charge is 1.97. The van der Waals surface area contributed by atoms with Crippen LogP contribution in [-0.2, 0) is 13.5 Å². The molecule has 0 aliphatic rings. The van der Waals surface area contributed by atoms with Crippen molar-refractivity contribution >= 4 is 0 Å². The maximum Gasteiger partial charge on any atom is 0.138 e. The first-order chi connectivity index (χ1) is 4.84. The number of rotatable bonds is 2. The van der Waals surface area contributed by atoms with Crippen molar-refractivity contribution in [3.05, 3.63) is 12.2 Å². The third-order valence-corrected chi connectivity index (χ3v) is 1.27. The summed E-state index contributed by atoms with van der Waals surface area (Å²) in [4.78, 5) is 3.95. The standard InChI is InChI=1S/C6H8N4/c1-10-6(3-2-4-7)8-5-9-10/h5H,2-3H2,1H3. The van der Waals surface area contributed by atoms with Gasteiger partial charge in [-0.05, 0) is 0 Å². The number of nitrogens with zero attached hydrogens (tertiary/aromatic N) is 4. The van der Waals surface area contributed by atoms with Crippen LogP contribution in [0.3, 0.4) is 0 Å². The van der Waals surface area contributed by atoms with Gasteiger partial charge in [0.25, 0.3) is 0 Å². The van der Waals surface area contributed by atoms with Crippen LogP contribution in [0.15, 0.2) is 6.33 Å². The van der Waals surface area contributed by atoms with Crippen LogP contribution >= 0.6 is 0 Å². The molecule has 0 bridgehead atoms. The van der Waals surface area contributed by atoms with Crippen molar-refractivity contribution in [3.8, 4) is 6.07 Å². The molecular weight excluding hydrogens is 128 g/mol. The molecule has 0 spiro atoms. The predicted octanol–water partition coefficient (Wildman–Crippen LogP) is 0.271. The fraction of sp³-hybridized carbons (Fsp3) is 0.500. The van der Waals surface area contributed by atoms with Gasteiger partial charge in [-0.15, -0.1) is 0 Å². The molecule has 0 amide bonds. The molecule has 0 N–H and O–H groups in total. The van der Waals surface area contributed by atoms with Gasteiger partial charge >= 0.3 is 0 Å². The Labute approximate surface area is 59.1 Å². The normalized spacial score (nSPS) is 9.20. The van der Waals surface area contributed by atoms with E-state index in [4.69, 9.17) is 5.26 Å². The van der Waals surface area contributed by atoms with Crippen LogP contribution in [0.2, 0.25) is 0 Å². The van der Waals surface area contributed by atoms with Crippen molar-refractivity contribution in [2.75, 3.05) is 0 Å². The average molecular weight is 136 g/mol. The van der Waals surface area contributed by atoms with Crippen LogP contribution in [0.5, 0.6) is 0 Å². The monoisotopic (exact) mass is 136 g/mol. The minimum atomic E-state index is 0.506. The first-order valence-electron chi connectivity index (χ1n) is 3.04. The van der Waals surface area contributed by atoms with Crippen molar-refractivity contribution in [3.63, 3.8) is 0 Å². The Morgan fingerprint density at radius 2 is 2.60 bits per heavy atom. The fourth-order valence-electron chi connectivity index (χ4n) is 0.714. The fourth-order valence-corrected chi connectivity index (χ4v) is 0.714. The van der Waals surface area contributed by atoms with Crippen molar-refractivity contribution in [1.29, 1.82) is 5.26 Å². The Morgan fingerprint density at radius 1 is 1.80 bits per heavy atom. The molecule has 52 valence electrons. The minimum absolute atomic E-state index is 0.506. The molecule has 0 radical (unpaired) electrons. The quantitative estimate of drug-likeness (QED) is 0.586. The van der Waals surface area contributed by atoms with Gasteiger partial charge in [0.05, 0.1) is 6.07 Å². The largest absolute Gasteiger partial charge is 0.253 e. The molecule has 0 unspecified atom stereocenters. The number of nitriles is 1. The second kappa shape index (κ2) is 2.97. The zero-order valence-corrected chi connectivity index (χ0v) is 5.78. The zero-order valence-electron chi connectivity index (χ0n) is 5.78. The van der Waals surface area contributed by atoms with Crippen LogP contribution < -0.4 is 0 Å². The van der Waals surface area contributed by atoms with Gasteiger partial charge in [-0.3, -0.25) is 4.68 Å². The molecule has 1 rings (SSSR count). The molecular formula is C6H8N4. The lowest BCUT2D eigenvalue weighted by Gasteiger charge is -1.92. The van der Waals surface area contributed by atoms with Gasteiger partial charge in [-0.25, -0.2) is 4.98 Å². The second-order valence-electron chi connectivity index (χ2n) is 1.96. The van der Waals surface area contributed by atoms with Crippen LogP contribution in [-0.4, -0.2) is 14.8 Å². The van der Waals surface area contributed by atoms with Gasteiger partial charge < -0.3 is 0 Å². The van der Waals surface area contributed by atoms with E-state index in [0.717, 1.165) is 5.82 Å². The lowest BCUT2D eigenvalue weighted by atomic mass is 10.3. The Bertz CT molecular complexity index is 244. The molecule has 0 aliphatic carbocycles. The predicted molar refractivity (Wildman–Crippen MR) is 34.9 cm³/mol. The van der Waals surface area contributed by atoms with E-state index in [0.29, 0.717) is 12.8 Å². The van der Waals surface area contributed by atoms with E-state index >= 15 is 0 Å². The summed E-state index contributed by atoms with van der Waals surface area (Å²) in [7, 11) is 1.82. The minimum Gasteiger partial charge on any atom is -0.253 e. The Morgan fingerprint density at radius 3 is 3.10 bits per heavy atom. The average Bonchev–Trinajstić information content (AvgIpc) is 2.31. The first kappa shape index (κ1) is 6.75. The molecule has 0 atom stereocenters. The molecule has 0 saturated heterocycles. The molecule has 1 aromatic heterocycles. The highest BCUT2D eigenvalue weighted by atomic mass is 15.3. The molecule has 4 heteroatoms. The summed E-state index contributed by atoms with van der Waals surface area (Å²) in [6, 6.07) is 2.05. The van der Waals surface area contributed by atoms with Gasteiger partial charge in [0.2, 0.25) is 0 Å². The number of hydrogen-bond acceptors (Lipinski definition) is 3. The summed E-state index contributed by atoms with van der Waals surface area (Å²) in [6.45, 7) is 0. The lowest BCUT2D eigenvalue weighted by Crippen LogP contribution is -1.98. The highest BCUT2D eigenvalue weighted by molar-refractivity contribution is 4.87. The van der Waals surface area contributed by atoms with Gasteiger partial charge in [-0.2, -0.15) is 10.4 Å². The summed E-state index contributed by atoms with van der Waals surface area (Å²) in [5.74, 6) is 0.863. The summed E-state index contributed by atoms with van der Waals surface area (Å²) in [5.41, 5.74) is 0. The summed E-state index contributed by atoms with van der Waals surface area (Å²) < 4.78 is 1.68. The van der Waals surface area contributed by atoms with E-state index in [1.54, 1.807) is 4.68 Å². The van der Waals surface area contributed by atoms with Gasteiger partial charge in [0, 0.05) is 19.9 Å². The van der Waals surface area contributed by atoms with Crippen molar-refractivity contribution < 1.29 is 0 Å². The van der Waals surface area contributed by atoms with Gasteiger partial charge in [0.15, 0.2) is 0 Å². The SMILES string of the molecule is Cn1ncnc1CCC#N. The summed E-state index contributed by atoms with van der Waals surface area (Å²) in [6.07, 6.45) is 2.69. The van der Waals surface area contributed by atoms with E-state index in [-0.39, 0.29) is 0 Å². The van der Waals surface area contributed by atoms with Crippen LogP contribution in [0.4, 0.5) is 0 Å². The first-order valence-corrected chi connectivity index (χ1v) is 3.04. The second-order valence-corrected chi connectivity index (χ2v) is 1.96. The van der Waals surface area contributed by atoms with E-state index in [1.165, 1.54) is 6.33 Å². The molecule has 10 heavy (non-hydrogen) atoms. The zero-order chi connectivity index (χ0) is 7.40. The Kier molecular flexibility index (Phi) is 2.00. The number of aromatic nitrogens is 3. The summed E-state index contributed by atoms with van der Waals surface area (Å²) >= 11 is 0. The Balaban J connectivity index is 2.59. The topological polar surface area (TPSA) is 54.5 Å². The molecule has 1 aromatic rings. The number of aryl methyl sites for hydroxylation is 2. The van der Waals surface area contributed by atoms with Crippen molar-refractivity contribution in [1.82, 2.24) is 14.8 Å². The maximum absolute atomic E-state index is 8.25. The molecule has 4 nitrogen and oxygen atoms in total. The Hall–Kier alpha value is -1.37. The molecule has 0 fully saturated rings. The van der Waals surface area contributed by atoms with Gasteiger partial charge in [-0.1, -0.05) is 0 Å². The van der Waals surface area contributed by atoms with Crippen LogP contribution in [0, 0.1) is 11.3 Å². The maximum atomic E-state index is 8.25. The molecule has 0 aromatic carbocycles. The van der Waals surface area contributed by atoms with Crippen LogP contribution in [0.25, 0.3) is 0 Å². The van der Waals surface area contributed by atoms with E-state index < -0.39 is 0 Å².